The van der Waals surface area contributed by atoms with Gasteiger partial charge in [-0.25, -0.2) is 8.42 Å². The Balaban J connectivity index is 2.06. The normalized spacial score (nSPS) is 11.5. The molecule has 0 amide bonds. The summed E-state index contributed by atoms with van der Waals surface area (Å²) >= 11 is 3.32. The Kier molecular flexibility index (Phi) is 3.65. The molecule has 0 saturated carbocycles. The smallest absolute Gasteiger partial charge is 0.262 e. The lowest BCUT2D eigenvalue weighted by Gasteiger charge is -2.10. The first-order valence-corrected chi connectivity index (χ1v) is 8.45. The number of nitrogens with one attached hydrogen (secondary N) is 1. The quantitative estimate of drug-likeness (QED) is 0.770. The molecule has 0 aliphatic carbocycles. The molecule has 0 aliphatic heterocycles. The summed E-state index contributed by atoms with van der Waals surface area (Å²) in [5.74, 6) is 0. The summed E-state index contributed by atoms with van der Waals surface area (Å²) in [4.78, 5) is 4.25. The SMILES string of the molecule is O=S(=O)(Nc1ccc(Br)cc1)c1cccc2cnccc12. The molecule has 0 atom stereocenters. The second-order valence-corrected chi connectivity index (χ2v) is 7.03. The Morgan fingerprint density at radius 2 is 1.76 bits per heavy atom. The van der Waals surface area contributed by atoms with Gasteiger partial charge in [0.1, 0.15) is 0 Å². The fourth-order valence-electron chi connectivity index (χ4n) is 2.06. The topological polar surface area (TPSA) is 59.1 Å². The highest BCUT2D eigenvalue weighted by molar-refractivity contribution is 9.10. The maximum absolute atomic E-state index is 12.6. The van der Waals surface area contributed by atoms with Crippen molar-refractivity contribution in [3.8, 4) is 0 Å². The van der Waals surface area contributed by atoms with Crippen LogP contribution in [-0.4, -0.2) is 13.4 Å². The number of sulfonamides is 1. The van der Waals surface area contributed by atoms with E-state index < -0.39 is 10.0 Å². The molecular formula is C15H11BrN2O2S. The van der Waals surface area contributed by atoms with Crippen LogP contribution in [0.2, 0.25) is 0 Å². The Morgan fingerprint density at radius 1 is 1.00 bits per heavy atom. The predicted octanol–water partition coefficient (Wildman–Crippen LogP) is 3.80. The van der Waals surface area contributed by atoms with Gasteiger partial charge < -0.3 is 0 Å². The van der Waals surface area contributed by atoms with Gasteiger partial charge in [-0.05, 0) is 36.4 Å². The van der Waals surface area contributed by atoms with Gasteiger partial charge >= 0.3 is 0 Å². The number of benzene rings is 2. The summed E-state index contributed by atoms with van der Waals surface area (Å²) in [6.07, 6.45) is 3.23. The lowest BCUT2D eigenvalue weighted by Crippen LogP contribution is -2.13. The molecule has 21 heavy (non-hydrogen) atoms. The number of rotatable bonds is 3. The van der Waals surface area contributed by atoms with Crippen molar-refractivity contribution in [1.82, 2.24) is 4.98 Å². The Bertz CT molecular complexity index is 888. The first kappa shape index (κ1) is 14.0. The van der Waals surface area contributed by atoms with E-state index in [1.807, 2.05) is 6.07 Å². The third kappa shape index (κ3) is 2.91. The molecule has 0 unspecified atom stereocenters. The molecule has 106 valence electrons. The molecule has 0 radical (unpaired) electrons. The van der Waals surface area contributed by atoms with Gasteiger partial charge in [-0.2, -0.15) is 0 Å². The first-order valence-electron chi connectivity index (χ1n) is 6.17. The number of fused-ring (bicyclic) bond motifs is 1. The van der Waals surface area contributed by atoms with Crippen LogP contribution in [0.4, 0.5) is 5.69 Å². The van der Waals surface area contributed by atoms with Crippen molar-refractivity contribution in [2.75, 3.05) is 4.72 Å². The molecular weight excluding hydrogens is 352 g/mol. The van der Waals surface area contributed by atoms with Crippen molar-refractivity contribution < 1.29 is 8.42 Å². The minimum atomic E-state index is -3.65. The van der Waals surface area contributed by atoms with Gasteiger partial charge in [-0.3, -0.25) is 9.71 Å². The number of nitrogens with zero attached hydrogens (tertiary/aromatic N) is 1. The zero-order valence-corrected chi connectivity index (χ0v) is 13.2. The minimum Gasteiger partial charge on any atom is -0.280 e. The third-order valence-electron chi connectivity index (χ3n) is 3.03. The molecule has 1 heterocycles. The summed E-state index contributed by atoms with van der Waals surface area (Å²) in [7, 11) is -3.65. The minimum absolute atomic E-state index is 0.241. The summed E-state index contributed by atoms with van der Waals surface area (Å²) in [6, 6.07) is 13.8. The van der Waals surface area contributed by atoms with Gasteiger partial charge in [0.15, 0.2) is 0 Å². The summed E-state index contributed by atoms with van der Waals surface area (Å²) < 4.78 is 28.6. The van der Waals surface area contributed by atoms with Crippen molar-refractivity contribution in [3.05, 3.63) is 65.4 Å². The van der Waals surface area contributed by atoms with E-state index in [-0.39, 0.29) is 4.90 Å². The van der Waals surface area contributed by atoms with Crippen LogP contribution in [0.5, 0.6) is 0 Å². The number of aromatic nitrogens is 1. The van der Waals surface area contributed by atoms with Crippen molar-refractivity contribution in [2.24, 2.45) is 0 Å². The van der Waals surface area contributed by atoms with Crippen LogP contribution in [0.15, 0.2) is 70.3 Å². The van der Waals surface area contributed by atoms with Gasteiger partial charge in [0.2, 0.25) is 0 Å². The third-order valence-corrected chi connectivity index (χ3v) is 4.99. The molecule has 4 nitrogen and oxygen atoms in total. The fourth-order valence-corrected chi connectivity index (χ4v) is 3.61. The molecule has 0 aliphatic rings. The van der Waals surface area contributed by atoms with E-state index in [1.165, 1.54) is 0 Å². The highest BCUT2D eigenvalue weighted by Gasteiger charge is 2.17. The fraction of sp³-hybridized carbons (Fsp3) is 0. The van der Waals surface area contributed by atoms with Crippen molar-refractivity contribution in [1.29, 1.82) is 0 Å². The van der Waals surface area contributed by atoms with E-state index >= 15 is 0 Å². The van der Waals surface area contributed by atoms with E-state index in [0.717, 1.165) is 9.86 Å². The molecule has 2 aromatic carbocycles. The number of hydrogen-bond donors (Lipinski definition) is 1. The van der Waals surface area contributed by atoms with Crippen LogP contribution in [0.25, 0.3) is 10.8 Å². The largest absolute Gasteiger partial charge is 0.280 e. The summed E-state index contributed by atoms with van der Waals surface area (Å²) in [5, 5.41) is 1.44. The van der Waals surface area contributed by atoms with E-state index in [9.17, 15) is 8.42 Å². The lowest BCUT2D eigenvalue weighted by atomic mass is 10.2. The average Bonchev–Trinajstić information content (AvgIpc) is 2.49. The number of anilines is 1. The standard InChI is InChI=1S/C15H11BrN2O2S/c16-12-4-6-13(7-5-12)18-21(19,20)15-3-1-2-11-10-17-9-8-14(11)15/h1-10,18H. The molecule has 0 bridgehead atoms. The van der Waals surface area contributed by atoms with Crippen LogP contribution in [0.3, 0.4) is 0 Å². The molecule has 0 fully saturated rings. The zero-order valence-electron chi connectivity index (χ0n) is 10.8. The predicted molar refractivity (Wildman–Crippen MR) is 86.7 cm³/mol. The van der Waals surface area contributed by atoms with Crippen LogP contribution < -0.4 is 4.72 Å². The molecule has 3 rings (SSSR count). The van der Waals surface area contributed by atoms with Crippen LogP contribution in [0.1, 0.15) is 0 Å². The van der Waals surface area contributed by atoms with Gasteiger partial charge in [-0.15, -0.1) is 0 Å². The van der Waals surface area contributed by atoms with Crippen LogP contribution >= 0.6 is 15.9 Å². The molecule has 6 heteroatoms. The van der Waals surface area contributed by atoms with Gasteiger partial charge in [0, 0.05) is 33.3 Å². The Hall–Kier alpha value is -1.92. The molecule has 1 N–H and O–H groups in total. The zero-order chi connectivity index (χ0) is 14.9. The van der Waals surface area contributed by atoms with Gasteiger partial charge in [0.05, 0.1) is 4.90 Å². The van der Waals surface area contributed by atoms with E-state index in [1.54, 1.807) is 54.9 Å². The second kappa shape index (κ2) is 5.46. The molecule has 1 aromatic heterocycles. The first-order chi connectivity index (χ1) is 10.1. The van der Waals surface area contributed by atoms with Crippen LogP contribution in [-0.2, 0) is 10.0 Å². The molecule has 0 spiro atoms. The summed E-state index contributed by atoms with van der Waals surface area (Å²) in [5.41, 5.74) is 0.518. The van der Waals surface area contributed by atoms with E-state index in [0.29, 0.717) is 11.1 Å². The second-order valence-electron chi connectivity index (χ2n) is 4.47. The van der Waals surface area contributed by atoms with Gasteiger partial charge in [0.25, 0.3) is 10.0 Å². The summed E-state index contributed by atoms with van der Waals surface area (Å²) in [6.45, 7) is 0. The van der Waals surface area contributed by atoms with Crippen molar-refractivity contribution in [3.63, 3.8) is 0 Å². The van der Waals surface area contributed by atoms with Crippen molar-refractivity contribution >= 4 is 42.4 Å². The highest BCUT2D eigenvalue weighted by Crippen LogP contribution is 2.24. The highest BCUT2D eigenvalue weighted by atomic mass is 79.9. The van der Waals surface area contributed by atoms with Crippen molar-refractivity contribution in [2.45, 2.75) is 4.90 Å². The number of halogens is 1. The van der Waals surface area contributed by atoms with E-state index in [2.05, 4.69) is 25.6 Å². The number of hydrogen-bond acceptors (Lipinski definition) is 3. The van der Waals surface area contributed by atoms with Gasteiger partial charge in [-0.1, -0.05) is 28.1 Å². The maximum atomic E-state index is 12.6. The average molecular weight is 363 g/mol. The molecule has 3 aromatic rings. The monoisotopic (exact) mass is 362 g/mol. The number of pyridine rings is 1. The Morgan fingerprint density at radius 3 is 2.52 bits per heavy atom. The Labute approximate surface area is 131 Å². The van der Waals surface area contributed by atoms with E-state index in [4.69, 9.17) is 0 Å². The molecule has 0 saturated heterocycles. The lowest BCUT2D eigenvalue weighted by molar-refractivity contribution is 0.602. The maximum Gasteiger partial charge on any atom is 0.262 e. The van der Waals surface area contributed by atoms with Crippen LogP contribution in [0, 0.1) is 0 Å².